The number of nitrogens with zero attached hydrogens (tertiary/aromatic N) is 1. The molecule has 0 amide bonds. The quantitative estimate of drug-likeness (QED) is 0.274. The molecule has 2 aromatic rings. The maximum Gasteiger partial charge on any atom is 0.0561 e. The van der Waals surface area contributed by atoms with E-state index in [1.165, 1.54) is 36.3 Å². The minimum absolute atomic E-state index is 1.00. The highest BCUT2D eigenvalue weighted by atomic mass is 32.2. The first kappa shape index (κ1) is 16.6. The van der Waals surface area contributed by atoms with E-state index in [0.29, 0.717) is 0 Å². The van der Waals surface area contributed by atoms with Crippen molar-refractivity contribution in [3.8, 4) is 0 Å². The molecule has 0 aliphatic rings. The van der Waals surface area contributed by atoms with Gasteiger partial charge in [0.2, 0.25) is 0 Å². The standard InChI is InChI=1S/C19H24N2S/c1-2-3-4-8-14-22-19-13-9-10-17(15-19)16-20-21-18-11-6-5-7-12-18/h5-7,9-13,15-16,21H,2-4,8,14H2,1H3. The summed E-state index contributed by atoms with van der Waals surface area (Å²) in [7, 11) is 0. The number of hydrazone groups is 1. The minimum atomic E-state index is 1.00. The predicted molar refractivity (Wildman–Crippen MR) is 99.0 cm³/mol. The molecule has 2 aromatic carbocycles. The van der Waals surface area contributed by atoms with Crippen LogP contribution >= 0.6 is 11.8 Å². The Kier molecular flexibility index (Phi) is 7.61. The molecule has 2 nitrogen and oxygen atoms in total. The highest BCUT2D eigenvalue weighted by molar-refractivity contribution is 7.99. The zero-order valence-corrected chi connectivity index (χ0v) is 14.0. The molecule has 0 radical (unpaired) electrons. The molecular weight excluding hydrogens is 288 g/mol. The van der Waals surface area contributed by atoms with E-state index in [1.807, 2.05) is 48.3 Å². The van der Waals surface area contributed by atoms with Gasteiger partial charge in [-0.25, -0.2) is 0 Å². The van der Waals surface area contributed by atoms with Gasteiger partial charge >= 0.3 is 0 Å². The van der Waals surface area contributed by atoms with Crippen LogP contribution in [0.3, 0.4) is 0 Å². The molecule has 0 atom stereocenters. The summed E-state index contributed by atoms with van der Waals surface area (Å²) in [6, 6.07) is 18.5. The topological polar surface area (TPSA) is 24.4 Å². The van der Waals surface area contributed by atoms with Crippen LogP contribution in [0.25, 0.3) is 0 Å². The Balaban J connectivity index is 1.80. The summed E-state index contributed by atoms with van der Waals surface area (Å²) in [5.41, 5.74) is 5.17. The van der Waals surface area contributed by atoms with Gasteiger partial charge in [-0.15, -0.1) is 11.8 Å². The minimum Gasteiger partial charge on any atom is -0.279 e. The van der Waals surface area contributed by atoms with E-state index in [-0.39, 0.29) is 0 Å². The summed E-state index contributed by atoms with van der Waals surface area (Å²) in [6.07, 6.45) is 7.15. The number of benzene rings is 2. The zero-order chi connectivity index (χ0) is 15.5. The molecule has 0 aromatic heterocycles. The number of nitrogens with one attached hydrogen (secondary N) is 1. The van der Waals surface area contributed by atoms with Gasteiger partial charge in [-0.2, -0.15) is 5.10 Å². The number of anilines is 1. The number of thioether (sulfide) groups is 1. The summed E-state index contributed by atoms with van der Waals surface area (Å²) in [5.74, 6) is 1.20. The van der Waals surface area contributed by atoms with E-state index >= 15 is 0 Å². The van der Waals surface area contributed by atoms with Crippen molar-refractivity contribution in [2.24, 2.45) is 5.10 Å². The first-order valence-corrected chi connectivity index (χ1v) is 8.94. The van der Waals surface area contributed by atoms with Crippen LogP contribution in [0.4, 0.5) is 5.69 Å². The van der Waals surface area contributed by atoms with Crippen molar-refractivity contribution in [1.29, 1.82) is 0 Å². The van der Waals surface area contributed by atoms with Crippen molar-refractivity contribution in [1.82, 2.24) is 0 Å². The Labute approximate surface area is 138 Å². The van der Waals surface area contributed by atoms with Gasteiger partial charge in [-0.3, -0.25) is 5.43 Å². The van der Waals surface area contributed by atoms with Gasteiger partial charge in [-0.1, -0.05) is 56.5 Å². The highest BCUT2D eigenvalue weighted by Crippen LogP contribution is 2.20. The van der Waals surface area contributed by atoms with Crippen LogP contribution in [-0.2, 0) is 0 Å². The third-order valence-corrected chi connectivity index (χ3v) is 4.39. The van der Waals surface area contributed by atoms with Gasteiger partial charge in [-0.05, 0) is 42.0 Å². The molecule has 1 N–H and O–H groups in total. The fourth-order valence-corrected chi connectivity index (χ4v) is 3.08. The Morgan fingerprint density at radius 1 is 1.00 bits per heavy atom. The number of para-hydroxylation sites is 1. The maximum absolute atomic E-state index is 4.29. The van der Waals surface area contributed by atoms with Crippen molar-refractivity contribution < 1.29 is 0 Å². The molecule has 0 saturated carbocycles. The molecule has 0 unspecified atom stereocenters. The lowest BCUT2D eigenvalue weighted by Crippen LogP contribution is -1.90. The maximum atomic E-state index is 4.29. The van der Waals surface area contributed by atoms with Crippen LogP contribution in [0, 0.1) is 0 Å². The summed E-state index contributed by atoms with van der Waals surface area (Å²) < 4.78 is 0. The Hall–Kier alpha value is -1.74. The largest absolute Gasteiger partial charge is 0.279 e. The van der Waals surface area contributed by atoms with Crippen LogP contribution in [0.15, 0.2) is 64.6 Å². The number of hydrogen-bond donors (Lipinski definition) is 1. The first-order chi connectivity index (χ1) is 10.9. The average molecular weight is 312 g/mol. The third-order valence-electron chi connectivity index (χ3n) is 3.31. The molecule has 2 rings (SSSR count). The second-order valence-electron chi connectivity index (χ2n) is 5.22. The van der Waals surface area contributed by atoms with E-state index in [9.17, 15) is 0 Å². The molecule has 3 heteroatoms. The van der Waals surface area contributed by atoms with E-state index in [2.05, 4.69) is 41.7 Å². The van der Waals surface area contributed by atoms with Gasteiger partial charge in [0.05, 0.1) is 11.9 Å². The predicted octanol–water partition coefficient (Wildman–Crippen LogP) is 5.81. The van der Waals surface area contributed by atoms with E-state index < -0.39 is 0 Å². The summed E-state index contributed by atoms with van der Waals surface area (Å²) in [6.45, 7) is 2.25. The van der Waals surface area contributed by atoms with E-state index in [4.69, 9.17) is 0 Å². The van der Waals surface area contributed by atoms with Gasteiger partial charge in [0, 0.05) is 4.90 Å². The van der Waals surface area contributed by atoms with Gasteiger partial charge in [0.1, 0.15) is 0 Å². The molecule has 0 bridgehead atoms. The molecule has 0 aliphatic heterocycles. The van der Waals surface area contributed by atoms with Crippen molar-refractivity contribution in [2.45, 2.75) is 37.5 Å². The number of rotatable bonds is 9. The Morgan fingerprint density at radius 2 is 1.86 bits per heavy atom. The Morgan fingerprint density at radius 3 is 2.68 bits per heavy atom. The van der Waals surface area contributed by atoms with Crippen molar-refractivity contribution in [2.75, 3.05) is 11.2 Å². The molecule has 0 spiro atoms. The molecule has 0 saturated heterocycles. The van der Waals surface area contributed by atoms with Crippen LogP contribution in [0.1, 0.15) is 38.2 Å². The second kappa shape index (κ2) is 10.1. The summed E-state index contributed by atoms with van der Waals surface area (Å²) in [5, 5.41) is 4.29. The number of unbranched alkanes of at least 4 members (excludes halogenated alkanes) is 3. The van der Waals surface area contributed by atoms with Crippen molar-refractivity contribution >= 4 is 23.7 Å². The van der Waals surface area contributed by atoms with Crippen LogP contribution < -0.4 is 5.43 Å². The molecule has 22 heavy (non-hydrogen) atoms. The fourth-order valence-electron chi connectivity index (χ4n) is 2.10. The smallest absolute Gasteiger partial charge is 0.0561 e. The molecule has 116 valence electrons. The van der Waals surface area contributed by atoms with Crippen molar-refractivity contribution in [3.05, 3.63) is 60.2 Å². The lowest BCUT2D eigenvalue weighted by atomic mass is 10.2. The van der Waals surface area contributed by atoms with Crippen molar-refractivity contribution in [3.63, 3.8) is 0 Å². The van der Waals surface area contributed by atoms with Crippen LogP contribution in [0.2, 0.25) is 0 Å². The van der Waals surface area contributed by atoms with Gasteiger partial charge in [0.15, 0.2) is 0 Å². The first-order valence-electron chi connectivity index (χ1n) is 7.95. The fraction of sp³-hybridized carbons (Fsp3) is 0.316. The lowest BCUT2D eigenvalue weighted by Gasteiger charge is -2.03. The Bertz CT molecular complexity index is 567. The summed E-state index contributed by atoms with van der Waals surface area (Å²) >= 11 is 1.93. The van der Waals surface area contributed by atoms with E-state index in [1.54, 1.807) is 0 Å². The third kappa shape index (κ3) is 6.35. The average Bonchev–Trinajstić information content (AvgIpc) is 2.56. The molecule has 0 aliphatic carbocycles. The van der Waals surface area contributed by atoms with Gasteiger partial charge < -0.3 is 0 Å². The van der Waals surface area contributed by atoms with Crippen LogP contribution in [0.5, 0.6) is 0 Å². The van der Waals surface area contributed by atoms with Crippen LogP contribution in [-0.4, -0.2) is 12.0 Å². The monoisotopic (exact) mass is 312 g/mol. The molecular formula is C19H24N2S. The normalized spacial score (nSPS) is 11.0. The zero-order valence-electron chi connectivity index (χ0n) is 13.2. The SMILES string of the molecule is CCCCCCSc1cccc(C=NNc2ccccc2)c1. The molecule has 0 heterocycles. The van der Waals surface area contributed by atoms with E-state index in [0.717, 1.165) is 11.3 Å². The second-order valence-corrected chi connectivity index (χ2v) is 6.39. The van der Waals surface area contributed by atoms with Gasteiger partial charge in [0.25, 0.3) is 0 Å². The number of hydrogen-bond acceptors (Lipinski definition) is 3. The summed E-state index contributed by atoms with van der Waals surface area (Å²) in [4.78, 5) is 1.32. The highest BCUT2D eigenvalue weighted by Gasteiger charge is 1.96. The molecule has 0 fully saturated rings. The lowest BCUT2D eigenvalue weighted by molar-refractivity contribution is 0.706.